The van der Waals surface area contributed by atoms with E-state index in [4.69, 9.17) is 11.6 Å². The van der Waals surface area contributed by atoms with Gasteiger partial charge in [0, 0.05) is 37.4 Å². The van der Waals surface area contributed by atoms with Gasteiger partial charge in [0.1, 0.15) is 0 Å². The Bertz CT molecular complexity index is 941. The molecule has 2 rings (SSSR count). The first-order valence-electron chi connectivity index (χ1n) is 9.47. The summed E-state index contributed by atoms with van der Waals surface area (Å²) in [5.41, 5.74) is 1.18. The van der Waals surface area contributed by atoms with Crippen LogP contribution in [0.3, 0.4) is 0 Å². The smallest absolute Gasteiger partial charge is 0.319 e. The van der Waals surface area contributed by atoms with E-state index < -0.39 is 16.1 Å². The van der Waals surface area contributed by atoms with Crippen LogP contribution in [0, 0.1) is 0 Å². The first-order chi connectivity index (χ1) is 13.7. The van der Waals surface area contributed by atoms with Gasteiger partial charge < -0.3 is 10.6 Å². The molecule has 7 nitrogen and oxygen atoms in total. The number of hydrogen-bond acceptors (Lipinski definition) is 5. The predicted molar refractivity (Wildman–Crippen MR) is 118 cm³/mol. The minimum atomic E-state index is -3.64. The number of hydrogen-bond donors (Lipinski definition) is 2. The number of halogens is 1. The predicted octanol–water partition coefficient (Wildman–Crippen LogP) is 4.31. The molecule has 0 saturated carbocycles. The zero-order valence-corrected chi connectivity index (χ0v) is 19.4. The highest BCUT2D eigenvalue weighted by atomic mass is 35.5. The van der Waals surface area contributed by atoms with Crippen LogP contribution in [-0.2, 0) is 16.4 Å². The molecule has 0 saturated heterocycles. The summed E-state index contributed by atoms with van der Waals surface area (Å²) >= 11 is 7.75. The largest absolute Gasteiger partial charge is 0.337 e. The lowest BCUT2D eigenvalue weighted by atomic mass is 10.2. The Hall–Kier alpha value is -1.68. The number of sulfonamides is 1. The number of aromatic nitrogens is 1. The van der Waals surface area contributed by atoms with Gasteiger partial charge in [0.25, 0.3) is 0 Å². The molecule has 2 N–H and O–H groups in total. The van der Waals surface area contributed by atoms with Crippen molar-refractivity contribution < 1.29 is 13.2 Å². The summed E-state index contributed by atoms with van der Waals surface area (Å²) in [5.74, 6) is 0.382. The molecule has 2 amide bonds. The van der Waals surface area contributed by atoms with Crippen LogP contribution in [0.1, 0.15) is 44.3 Å². The number of thiazole rings is 1. The third-order valence-electron chi connectivity index (χ3n) is 4.26. The van der Waals surface area contributed by atoms with Crippen molar-refractivity contribution in [2.45, 2.75) is 44.9 Å². The molecule has 1 aromatic heterocycles. The van der Waals surface area contributed by atoms with Gasteiger partial charge in [-0.15, -0.1) is 11.3 Å². The van der Waals surface area contributed by atoms with Crippen LogP contribution < -0.4 is 10.6 Å². The highest BCUT2D eigenvalue weighted by Gasteiger charge is 2.22. The number of anilines is 1. The lowest BCUT2D eigenvalue weighted by molar-refractivity contribution is 0.252. The van der Waals surface area contributed by atoms with Crippen molar-refractivity contribution in [2.24, 2.45) is 0 Å². The Kier molecular flexibility index (Phi) is 8.45. The third-order valence-corrected chi connectivity index (χ3v) is 7.83. The van der Waals surface area contributed by atoms with Gasteiger partial charge in [-0.1, -0.05) is 39.3 Å². The Labute approximate surface area is 181 Å². The van der Waals surface area contributed by atoms with Crippen molar-refractivity contribution >= 4 is 44.7 Å². The van der Waals surface area contributed by atoms with Gasteiger partial charge in [-0.05, 0) is 18.2 Å². The van der Waals surface area contributed by atoms with Crippen molar-refractivity contribution in [3.05, 3.63) is 39.3 Å². The van der Waals surface area contributed by atoms with E-state index in [0.717, 1.165) is 10.7 Å². The van der Waals surface area contributed by atoms with E-state index in [-0.39, 0.29) is 15.6 Å². The molecule has 2 aromatic rings. The molecule has 0 aliphatic rings. The van der Waals surface area contributed by atoms with E-state index in [2.05, 4.69) is 29.5 Å². The van der Waals surface area contributed by atoms with Crippen molar-refractivity contribution in [1.82, 2.24) is 14.6 Å². The van der Waals surface area contributed by atoms with Gasteiger partial charge in [0.15, 0.2) is 0 Å². The van der Waals surface area contributed by atoms with Gasteiger partial charge >= 0.3 is 6.03 Å². The quantitative estimate of drug-likeness (QED) is 0.585. The fraction of sp³-hybridized carbons (Fsp3) is 0.474. The number of rotatable bonds is 9. The monoisotopic (exact) mass is 458 g/mol. The van der Waals surface area contributed by atoms with Crippen molar-refractivity contribution in [2.75, 3.05) is 25.0 Å². The van der Waals surface area contributed by atoms with Crippen LogP contribution in [0.2, 0.25) is 5.02 Å². The topological polar surface area (TPSA) is 91.4 Å². The van der Waals surface area contributed by atoms with E-state index in [9.17, 15) is 13.2 Å². The van der Waals surface area contributed by atoms with E-state index in [0.29, 0.717) is 32.0 Å². The second kappa shape index (κ2) is 10.4. The normalized spacial score (nSPS) is 11.8. The van der Waals surface area contributed by atoms with E-state index in [1.165, 1.54) is 22.5 Å². The van der Waals surface area contributed by atoms with Gasteiger partial charge in [0.2, 0.25) is 10.0 Å². The van der Waals surface area contributed by atoms with Crippen molar-refractivity contribution in [1.29, 1.82) is 0 Å². The zero-order valence-electron chi connectivity index (χ0n) is 17.0. The average Bonchev–Trinajstić information content (AvgIpc) is 3.13. The summed E-state index contributed by atoms with van der Waals surface area (Å²) < 4.78 is 26.7. The van der Waals surface area contributed by atoms with Crippen LogP contribution in [0.15, 0.2) is 28.5 Å². The number of nitrogens with one attached hydrogen (secondary N) is 2. The maximum absolute atomic E-state index is 12.7. The number of carbonyl (C=O) groups is 1. The molecule has 29 heavy (non-hydrogen) atoms. The molecule has 0 aliphatic carbocycles. The van der Waals surface area contributed by atoms with Crippen LogP contribution in [0.4, 0.5) is 10.5 Å². The molecule has 10 heteroatoms. The summed E-state index contributed by atoms with van der Waals surface area (Å²) in [6, 6.07) is 3.83. The number of amides is 2. The molecule has 0 aliphatic heterocycles. The van der Waals surface area contributed by atoms with Crippen molar-refractivity contribution in [3.8, 4) is 0 Å². The third kappa shape index (κ3) is 6.15. The van der Waals surface area contributed by atoms with Crippen LogP contribution in [-0.4, -0.2) is 43.4 Å². The standard InChI is InChI=1S/C19H27ClN4O3S2/c1-5-24(6-2)29(26,27)15-7-8-16(20)17(11-15)23-19(25)21-10-9-14-12-28-18(22-14)13(3)4/h7-8,11-13H,5-6,9-10H2,1-4H3,(H2,21,23,25). The number of urea groups is 1. The minimum Gasteiger partial charge on any atom is -0.337 e. The lowest BCUT2D eigenvalue weighted by Crippen LogP contribution is -2.32. The number of nitrogens with zero attached hydrogens (tertiary/aromatic N) is 2. The fourth-order valence-electron chi connectivity index (χ4n) is 2.65. The Morgan fingerprint density at radius 2 is 1.97 bits per heavy atom. The maximum atomic E-state index is 12.7. The summed E-state index contributed by atoms with van der Waals surface area (Å²) in [6.45, 7) is 8.85. The molecule has 0 bridgehead atoms. The van der Waals surface area contributed by atoms with Gasteiger partial charge in [-0.3, -0.25) is 0 Å². The molecule has 1 heterocycles. The van der Waals surface area contributed by atoms with E-state index in [1.807, 2.05) is 5.38 Å². The molecule has 0 spiro atoms. The Morgan fingerprint density at radius 1 is 1.28 bits per heavy atom. The van der Waals surface area contributed by atoms with Gasteiger partial charge in [-0.25, -0.2) is 18.2 Å². The number of carbonyl (C=O) groups excluding carboxylic acids is 1. The molecule has 0 atom stereocenters. The Morgan fingerprint density at radius 3 is 2.55 bits per heavy atom. The van der Waals surface area contributed by atoms with Crippen LogP contribution in [0.5, 0.6) is 0 Å². The average molecular weight is 459 g/mol. The highest BCUT2D eigenvalue weighted by molar-refractivity contribution is 7.89. The molecular weight excluding hydrogens is 432 g/mol. The molecule has 0 fully saturated rings. The second-order valence-electron chi connectivity index (χ2n) is 6.69. The highest BCUT2D eigenvalue weighted by Crippen LogP contribution is 2.27. The second-order valence-corrected chi connectivity index (χ2v) is 9.93. The summed E-state index contributed by atoms with van der Waals surface area (Å²) in [5, 5.41) is 8.70. The lowest BCUT2D eigenvalue weighted by Gasteiger charge is -2.19. The van der Waals surface area contributed by atoms with Gasteiger partial charge in [-0.2, -0.15) is 4.31 Å². The zero-order chi connectivity index (χ0) is 21.6. The van der Waals surface area contributed by atoms with Crippen LogP contribution >= 0.6 is 22.9 Å². The molecule has 160 valence electrons. The first-order valence-corrected chi connectivity index (χ1v) is 12.2. The minimum absolute atomic E-state index is 0.0876. The Balaban J connectivity index is 2.00. The van der Waals surface area contributed by atoms with Gasteiger partial charge in [0.05, 0.1) is 26.3 Å². The fourth-order valence-corrected chi connectivity index (χ4v) is 5.17. The summed E-state index contributed by atoms with van der Waals surface area (Å²) in [6.07, 6.45) is 0.612. The molecule has 0 unspecified atom stereocenters. The maximum Gasteiger partial charge on any atom is 0.319 e. The first kappa shape index (κ1) is 23.6. The summed E-state index contributed by atoms with van der Waals surface area (Å²) in [7, 11) is -3.64. The molecule has 1 aromatic carbocycles. The van der Waals surface area contributed by atoms with Crippen molar-refractivity contribution in [3.63, 3.8) is 0 Å². The molecular formula is C19H27ClN4O3S2. The SMILES string of the molecule is CCN(CC)S(=O)(=O)c1ccc(Cl)c(NC(=O)NCCc2csc(C(C)C)n2)c1. The van der Waals surface area contributed by atoms with Crippen LogP contribution in [0.25, 0.3) is 0 Å². The molecule has 0 radical (unpaired) electrons. The van der Waals surface area contributed by atoms with E-state index >= 15 is 0 Å². The van der Waals surface area contributed by atoms with E-state index in [1.54, 1.807) is 25.2 Å². The summed E-state index contributed by atoms with van der Waals surface area (Å²) in [4.78, 5) is 16.8. The number of benzene rings is 1.